The van der Waals surface area contributed by atoms with Crippen LogP contribution in [-0.2, 0) is 16.6 Å². The van der Waals surface area contributed by atoms with E-state index in [2.05, 4.69) is 10.2 Å². The largest absolute Gasteiger partial charge is 0.314 e. The standard InChI is InChI=1S/C19H20FN3O2S/c20-16-4-6-17(7-5-16)26(24,25)23-11-8-18-15(2-1-3-19(18)23)14-22-12-9-21-10-13-22/h1-8,11,21H,9-10,12-14H2. The molecule has 0 aliphatic carbocycles. The highest BCUT2D eigenvalue weighted by molar-refractivity contribution is 7.90. The van der Waals surface area contributed by atoms with Crippen LogP contribution in [0, 0.1) is 5.82 Å². The van der Waals surface area contributed by atoms with Crippen molar-refractivity contribution in [2.24, 2.45) is 0 Å². The van der Waals surface area contributed by atoms with E-state index in [4.69, 9.17) is 0 Å². The number of nitrogens with one attached hydrogen (secondary N) is 1. The number of fused-ring (bicyclic) bond motifs is 1. The Morgan fingerprint density at radius 3 is 2.46 bits per heavy atom. The molecule has 3 aromatic rings. The topological polar surface area (TPSA) is 54.3 Å². The second-order valence-corrected chi connectivity index (χ2v) is 8.26. The quantitative estimate of drug-likeness (QED) is 0.763. The summed E-state index contributed by atoms with van der Waals surface area (Å²) in [4.78, 5) is 2.43. The zero-order valence-electron chi connectivity index (χ0n) is 14.2. The zero-order valence-corrected chi connectivity index (χ0v) is 15.0. The molecule has 0 saturated carbocycles. The van der Waals surface area contributed by atoms with E-state index in [1.54, 1.807) is 12.3 Å². The Hall–Kier alpha value is -2.22. The lowest BCUT2D eigenvalue weighted by molar-refractivity contribution is 0.234. The molecule has 1 fully saturated rings. The van der Waals surface area contributed by atoms with Gasteiger partial charge in [-0.2, -0.15) is 0 Å². The number of halogens is 1. The summed E-state index contributed by atoms with van der Waals surface area (Å²) in [6, 6.07) is 12.5. The van der Waals surface area contributed by atoms with Crippen LogP contribution in [0.15, 0.2) is 59.6 Å². The maximum atomic E-state index is 13.1. The van der Waals surface area contributed by atoms with E-state index in [1.165, 1.54) is 16.1 Å². The number of benzene rings is 2. The Kier molecular flexibility index (Phi) is 4.52. The molecule has 0 radical (unpaired) electrons. The van der Waals surface area contributed by atoms with E-state index in [0.717, 1.165) is 55.8 Å². The van der Waals surface area contributed by atoms with Crippen LogP contribution < -0.4 is 5.32 Å². The Morgan fingerprint density at radius 1 is 1.00 bits per heavy atom. The van der Waals surface area contributed by atoms with E-state index in [9.17, 15) is 12.8 Å². The first-order chi connectivity index (χ1) is 12.6. The number of piperazine rings is 1. The van der Waals surface area contributed by atoms with Crippen LogP contribution in [0.25, 0.3) is 10.9 Å². The summed E-state index contributed by atoms with van der Waals surface area (Å²) in [6.07, 6.45) is 1.57. The molecular weight excluding hydrogens is 353 g/mol. The monoisotopic (exact) mass is 373 g/mol. The molecule has 0 spiro atoms. The molecule has 1 aromatic heterocycles. The molecule has 1 N–H and O–H groups in total. The SMILES string of the molecule is O=S(=O)(c1ccc(F)cc1)n1ccc2c(CN3CCNCC3)cccc21. The molecule has 1 saturated heterocycles. The summed E-state index contributed by atoms with van der Waals surface area (Å²) in [6.45, 7) is 4.68. The van der Waals surface area contributed by atoms with Gasteiger partial charge in [0.1, 0.15) is 5.82 Å². The van der Waals surface area contributed by atoms with Crippen molar-refractivity contribution < 1.29 is 12.8 Å². The van der Waals surface area contributed by atoms with Crippen LogP contribution in [-0.4, -0.2) is 43.5 Å². The molecule has 4 rings (SSSR count). The molecule has 2 heterocycles. The van der Waals surface area contributed by atoms with Crippen molar-refractivity contribution in [3.8, 4) is 0 Å². The number of rotatable bonds is 4. The molecule has 0 atom stereocenters. The minimum Gasteiger partial charge on any atom is -0.314 e. The van der Waals surface area contributed by atoms with E-state index >= 15 is 0 Å². The van der Waals surface area contributed by atoms with Crippen LogP contribution in [0.1, 0.15) is 5.56 Å². The van der Waals surface area contributed by atoms with Crippen molar-refractivity contribution in [1.82, 2.24) is 14.2 Å². The minimum absolute atomic E-state index is 0.0731. The maximum absolute atomic E-state index is 13.1. The lowest BCUT2D eigenvalue weighted by Gasteiger charge is -2.27. The first-order valence-corrected chi connectivity index (χ1v) is 10.0. The average Bonchev–Trinajstić information content (AvgIpc) is 3.09. The molecule has 2 aromatic carbocycles. The first-order valence-electron chi connectivity index (χ1n) is 8.59. The lowest BCUT2D eigenvalue weighted by atomic mass is 10.1. The third-order valence-corrected chi connectivity index (χ3v) is 6.47. The van der Waals surface area contributed by atoms with Gasteiger partial charge < -0.3 is 5.32 Å². The van der Waals surface area contributed by atoms with Gasteiger partial charge in [-0.15, -0.1) is 0 Å². The number of hydrogen-bond donors (Lipinski definition) is 1. The number of hydrogen-bond acceptors (Lipinski definition) is 4. The van der Waals surface area contributed by atoms with Crippen LogP contribution in [0.3, 0.4) is 0 Å². The first kappa shape index (κ1) is 17.2. The average molecular weight is 373 g/mol. The molecule has 0 amide bonds. The molecule has 26 heavy (non-hydrogen) atoms. The Balaban J connectivity index is 1.73. The smallest absolute Gasteiger partial charge is 0.268 e. The Morgan fingerprint density at radius 2 is 1.73 bits per heavy atom. The molecule has 1 aliphatic rings. The van der Waals surface area contributed by atoms with Gasteiger partial charge in [0.25, 0.3) is 10.0 Å². The summed E-state index contributed by atoms with van der Waals surface area (Å²) >= 11 is 0. The molecule has 0 unspecified atom stereocenters. The third kappa shape index (κ3) is 3.13. The van der Waals surface area contributed by atoms with Gasteiger partial charge in [-0.3, -0.25) is 4.90 Å². The fourth-order valence-corrected chi connectivity index (χ4v) is 4.73. The third-order valence-electron chi connectivity index (χ3n) is 4.76. The summed E-state index contributed by atoms with van der Waals surface area (Å²) in [5.74, 6) is -0.459. The van der Waals surface area contributed by atoms with Gasteiger partial charge >= 0.3 is 0 Å². The Labute approximate surface area is 152 Å². The van der Waals surface area contributed by atoms with Gasteiger partial charge in [0.2, 0.25) is 0 Å². The molecule has 5 nitrogen and oxygen atoms in total. The van der Waals surface area contributed by atoms with Gasteiger partial charge in [-0.25, -0.2) is 16.8 Å². The molecule has 1 aliphatic heterocycles. The van der Waals surface area contributed by atoms with Crippen molar-refractivity contribution in [1.29, 1.82) is 0 Å². The van der Waals surface area contributed by atoms with Crippen LogP contribution >= 0.6 is 0 Å². The second-order valence-electron chi connectivity index (χ2n) is 6.45. The van der Waals surface area contributed by atoms with E-state index in [1.807, 2.05) is 18.2 Å². The van der Waals surface area contributed by atoms with Crippen molar-refractivity contribution >= 4 is 20.9 Å². The predicted molar refractivity (Wildman–Crippen MR) is 99.1 cm³/mol. The Bertz CT molecular complexity index is 1020. The van der Waals surface area contributed by atoms with Crippen molar-refractivity contribution in [2.75, 3.05) is 26.2 Å². The van der Waals surface area contributed by atoms with Crippen molar-refractivity contribution in [3.63, 3.8) is 0 Å². The molecule has 136 valence electrons. The summed E-state index contributed by atoms with van der Waals surface area (Å²) in [5.41, 5.74) is 1.75. The van der Waals surface area contributed by atoms with Gasteiger partial charge in [-0.05, 0) is 42.0 Å². The highest BCUT2D eigenvalue weighted by Gasteiger charge is 2.20. The highest BCUT2D eigenvalue weighted by Crippen LogP contribution is 2.26. The van der Waals surface area contributed by atoms with Gasteiger partial charge in [-0.1, -0.05) is 12.1 Å². The van der Waals surface area contributed by atoms with Crippen LogP contribution in [0.5, 0.6) is 0 Å². The highest BCUT2D eigenvalue weighted by atomic mass is 32.2. The maximum Gasteiger partial charge on any atom is 0.268 e. The molecular formula is C19H20FN3O2S. The van der Waals surface area contributed by atoms with Crippen LogP contribution in [0.2, 0.25) is 0 Å². The fraction of sp³-hybridized carbons (Fsp3) is 0.263. The van der Waals surface area contributed by atoms with Crippen molar-refractivity contribution in [2.45, 2.75) is 11.4 Å². The van der Waals surface area contributed by atoms with E-state index in [0.29, 0.717) is 5.52 Å². The summed E-state index contributed by atoms with van der Waals surface area (Å²) < 4.78 is 40.3. The summed E-state index contributed by atoms with van der Waals surface area (Å²) in [5, 5.41) is 4.26. The van der Waals surface area contributed by atoms with E-state index in [-0.39, 0.29) is 4.90 Å². The van der Waals surface area contributed by atoms with Gasteiger partial charge in [0, 0.05) is 44.3 Å². The number of aromatic nitrogens is 1. The van der Waals surface area contributed by atoms with Crippen molar-refractivity contribution in [3.05, 3.63) is 66.1 Å². The van der Waals surface area contributed by atoms with Crippen LogP contribution in [0.4, 0.5) is 4.39 Å². The summed E-state index contributed by atoms with van der Waals surface area (Å²) in [7, 11) is -3.76. The fourth-order valence-electron chi connectivity index (χ4n) is 3.38. The number of nitrogens with zero attached hydrogens (tertiary/aromatic N) is 2. The van der Waals surface area contributed by atoms with Gasteiger partial charge in [0.15, 0.2) is 0 Å². The lowest BCUT2D eigenvalue weighted by Crippen LogP contribution is -2.42. The van der Waals surface area contributed by atoms with E-state index < -0.39 is 15.8 Å². The molecule has 7 heteroatoms. The minimum atomic E-state index is -3.76. The normalized spacial score (nSPS) is 16.2. The predicted octanol–water partition coefficient (Wildman–Crippen LogP) is 2.42. The van der Waals surface area contributed by atoms with Gasteiger partial charge in [0.05, 0.1) is 10.4 Å². The molecule has 0 bridgehead atoms. The second kappa shape index (κ2) is 6.83. The zero-order chi connectivity index (χ0) is 18.1.